The lowest BCUT2D eigenvalue weighted by atomic mass is 10.1. The molecular formula is C14H19ClN2O3S. The molecular weight excluding hydrogens is 312 g/mol. The van der Waals surface area contributed by atoms with Gasteiger partial charge in [-0.1, -0.05) is 17.7 Å². The maximum Gasteiger partial charge on any atom is 0.321 e. The van der Waals surface area contributed by atoms with Gasteiger partial charge >= 0.3 is 5.97 Å². The Morgan fingerprint density at radius 1 is 1.48 bits per heavy atom. The minimum Gasteiger partial charge on any atom is -0.480 e. The molecule has 5 nitrogen and oxygen atoms in total. The van der Waals surface area contributed by atoms with Crippen molar-refractivity contribution in [1.29, 1.82) is 0 Å². The van der Waals surface area contributed by atoms with Crippen LogP contribution in [-0.4, -0.2) is 33.5 Å². The van der Waals surface area contributed by atoms with Crippen LogP contribution in [0.5, 0.6) is 0 Å². The van der Waals surface area contributed by atoms with Crippen molar-refractivity contribution in [2.75, 3.05) is 11.1 Å². The van der Waals surface area contributed by atoms with Crippen molar-refractivity contribution in [3.8, 4) is 0 Å². The Labute approximate surface area is 133 Å². The average Bonchev–Trinajstić information content (AvgIpc) is 2.39. The van der Waals surface area contributed by atoms with E-state index in [-0.39, 0.29) is 11.7 Å². The maximum atomic E-state index is 11.9. The highest BCUT2D eigenvalue weighted by atomic mass is 35.5. The number of benzene rings is 1. The second-order valence-electron chi connectivity index (χ2n) is 5.24. The minimum atomic E-state index is -1.09. The van der Waals surface area contributed by atoms with Crippen LogP contribution >= 0.6 is 23.4 Å². The smallest absolute Gasteiger partial charge is 0.321 e. The molecule has 21 heavy (non-hydrogen) atoms. The molecule has 0 saturated heterocycles. The molecule has 1 rings (SSSR count). The summed E-state index contributed by atoms with van der Waals surface area (Å²) in [5, 5.41) is 12.1. The standard InChI is InChI=1S/C14H19ClN2O3S/c1-8-4-5-10(9(15)6-8)17-11(18)7-21-14(2,3)12(16)13(19)20/h4-6,12H,7,16H2,1-3H3,(H,17,18)(H,19,20)/t12-/m1/s1. The predicted octanol–water partition coefficient (Wildman–Crippen LogP) is 2.51. The van der Waals surface area contributed by atoms with E-state index in [9.17, 15) is 9.59 Å². The number of hydrogen-bond donors (Lipinski definition) is 3. The van der Waals surface area contributed by atoms with Gasteiger partial charge in [-0.05, 0) is 38.5 Å². The van der Waals surface area contributed by atoms with Crippen molar-refractivity contribution < 1.29 is 14.7 Å². The van der Waals surface area contributed by atoms with Gasteiger partial charge in [0.1, 0.15) is 6.04 Å². The van der Waals surface area contributed by atoms with E-state index in [2.05, 4.69) is 5.32 Å². The molecule has 0 spiro atoms. The van der Waals surface area contributed by atoms with Crippen LogP contribution in [0.2, 0.25) is 5.02 Å². The number of carboxylic acids is 1. The molecule has 0 fully saturated rings. The molecule has 116 valence electrons. The number of nitrogens with one attached hydrogen (secondary N) is 1. The number of nitrogens with two attached hydrogens (primary N) is 1. The van der Waals surface area contributed by atoms with Crippen molar-refractivity contribution in [2.24, 2.45) is 5.73 Å². The Hall–Kier alpha value is -1.24. The van der Waals surface area contributed by atoms with Crippen LogP contribution in [0.25, 0.3) is 0 Å². The number of aliphatic carboxylic acids is 1. The third kappa shape index (κ3) is 5.22. The third-order valence-corrected chi connectivity index (χ3v) is 4.71. The Kier molecular flexibility index (Phi) is 6.07. The molecule has 1 amide bonds. The second-order valence-corrected chi connectivity index (χ2v) is 7.28. The fraction of sp³-hybridized carbons (Fsp3) is 0.429. The summed E-state index contributed by atoms with van der Waals surface area (Å²) in [5.41, 5.74) is 7.14. The van der Waals surface area contributed by atoms with E-state index < -0.39 is 16.8 Å². The van der Waals surface area contributed by atoms with Crippen molar-refractivity contribution >= 4 is 40.9 Å². The molecule has 7 heteroatoms. The molecule has 4 N–H and O–H groups in total. The van der Waals surface area contributed by atoms with Crippen LogP contribution in [0, 0.1) is 6.92 Å². The number of hydrogen-bond acceptors (Lipinski definition) is 4. The van der Waals surface area contributed by atoms with Gasteiger partial charge in [-0.15, -0.1) is 11.8 Å². The summed E-state index contributed by atoms with van der Waals surface area (Å²) in [4.78, 5) is 22.8. The van der Waals surface area contributed by atoms with Gasteiger partial charge in [0.2, 0.25) is 5.91 Å². The van der Waals surface area contributed by atoms with Gasteiger partial charge in [-0.2, -0.15) is 0 Å². The highest BCUT2D eigenvalue weighted by Gasteiger charge is 2.33. The summed E-state index contributed by atoms with van der Waals surface area (Å²) in [6, 6.07) is 4.29. The van der Waals surface area contributed by atoms with Crippen LogP contribution in [-0.2, 0) is 9.59 Å². The Morgan fingerprint density at radius 3 is 2.62 bits per heavy atom. The lowest BCUT2D eigenvalue weighted by molar-refractivity contribution is -0.139. The number of aryl methyl sites for hydroxylation is 1. The molecule has 1 atom stereocenters. The second kappa shape index (κ2) is 7.15. The van der Waals surface area contributed by atoms with E-state index in [4.69, 9.17) is 22.4 Å². The van der Waals surface area contributed by atoms with E-state index in [1.54, 1.807) is 26.0 Å². The van der Waals surface area contributed by atoms with Gasteiger partial charge in [-0.25, -0.2) is 0 Å². The number of carboxylic acid groups (broad SMARTS) is 1. The van der Waals surface area contributed by atoms with Crippen LogP contribution in [0.4, 0.5) is 5.69 Å². The highest BCUT2D eigenvalue weighted by molar-refractivity contribution is 8.01. The Balaban J connectivity index is 2.60. The van der Waals surface area contributed by atoms with Gasteiger partial charge in [-0.3, -0.25) is 9.59 Å². The number of carbonyl (C=O) groups excluding carboxylic acids is 1. The van der Waals surface area contributed by atoms with Crippen LogP contribution < -0.4 is 11.1 Å². The zero-order chi connectivity index (χ0) is 16.2. The number of anilines is 1. The fourth-order valence-corrected chi connectivity index (χ4v) is 2.68. The van der Waals surface area contributed by atoms with Crippen LogP contribution in [0.15, 0.2) is 18.2 Å². The fourth-order valence-electron chi connectivity index (χ4n) is 1.55. The summed E-state index contributed by atoms with van der Waals surface area (Å²) in [6.45, 7) is 5.30. The highest BCUT2D eigenvalue weighted by Crippen LogP contribution is 2.28. The van der Waals surface area contributed by atoms with Gasteiger partial charge in [0.25, 0.3) is 0 Å². The van der Waals surface area contributed by atoms with Gasteiger partial charge in [0.15, 0.2) is 0 Å². The van der Waals surface area contributed by atoms with Crippen LogP contribution in [0.1, 0.15) is 19.4 Å². The first kappa shape index (κ1) is 17.8. The molecule has 0 radical (unpaired) electrons. The summed E-state index contributed by atoms with van der Waals surface area (Å²) >= 11 is 7.23. The van der Waals surface area contributed by atoms with E-state index >= 15 is 0 Å². The summed E-state index contributed by atoms with van der Waals surface area (Å²) in [6.07, 6.45) is 0. The molecule has 0 heterocycles. The monoisotopic (exact) mass is 330 g/mol. The van der Waals surface area contributed by atoms with Gasteiger partial charge in [0, 0.05) is 4.75 Å². The number of carbonyl (C=O) groups is 2. The van der Waals surface area contributed by atoms with Crippen LogP contribution in [0.3, 0.4) is 0 Å². The number of thioether (sulfide) groups is 1. The number of halogens is 1. The Morgan fingerprint density at radius 2 is 2.10 bits per heavy atom. The van der Waals surface area contributed by atoms with Crippen molar-refractivity contribution in [3.63, 3.8) is 0 Å². The zero-order valence-corrected chi connectivity index (χ0v) is 13.7. The first-order valence-electron chi connectivity index (χ1n) is 6.32. The van der Waals surface area contributed by atoms with Crippen molar-refractivity contribution in [1.82, 2.24) is 0 Å². The lowest BCUT2D eigenvalue weighted by Crippen LogP contribution is -2.47. The van der Waals surface area contributed by atoms with Gasteiger partial charge in [0.05, 0.1) is 16.5 Å². The molecule has 0 aliphatic carbocycles. The summed E-state index contributed by atoms with van der Waals surface area (Å²) in [5.74, 6) is -1.25. The van der Waals surface area contributed by atoms with E-state index in [0.29, 0.717) is 10.7 Å². The normalized spacial score (nSPS) is 12.8. The topological polar surface area (TPSA) is 92.4 Å². The predicted molar refractivity (Wildman–Crippen MR) is 87.0 cm³/mol. The molecule has 0 aromatic heterocycles. The SMILES string of the molecule is Cc1ccc(NC(=O)CSC(C)(C)[C@H](N)C(=O)O)c(Cl)c1. The Bertz CT molecular complexity index is 549. The molecule has 1 aromatic carbocycles. The zero-order valence-electron chi connectivity index (χ0n) is 12.1. The van der Waals surface area contributed by atoms with Crippen molar-refractivity contribution in [3.05, 3.63) is 28.8 Å². The quantitative estimate of drug-likeness (QED) is 0.745. The molecule has 1 aromatic rings. The largest absolute Gasteiger partial charge is 0.480 e. The molecule has 0 aliphatic heterocycles. The van der Waals surface area contributed by atoms with Crippen molar-refractivity contribution in [2.45, 2.75) is 31.6 Å². The van der Waals surface area contributed by atoms with E-state index in [1.165, 1.54) is 11.8 Å². The van der Waals surface area contributed by atoms with E-state index in [1.807, 2.05) is 13.0 Å². The van der Waals surface area contributed by atoms with E-state index in [0.717, 1.165) is 5.56 Å². The molecule has 0 bridgehead atoms. The summed E-state index contributed by atoms with van der Waals surface area (Å²) < 4.78 is -0.750. The first-order chi connectivity index (χ1) is 9.63. The first-order valence-corrected chi connectivity index (χ1v) is 7.68. The summed E-state index contributed by atoms with van der Waals surface area (Å²) in [7, 11) is 0. The molecule has 0 saturated carbocycles. The molecule has 0 unspecified atom stereocenters. The molecule has 0 aliphatic rings. The number of amides is 1. The maximum absolute atomic E-state index is 11.9. The minimum absolute atomic E-state index is 0.0954. The van der Waals surface area contributed by atoms with Gasteiger partial charge < -0.3 is 16.2 Å². The average molecular weight is 331 g/mol. The third-order valence-electron chi connectivity index (χ3n) is 2.99. The number of rotatable bonds is 6. The lowest BCUT2D eigenvalue weighted by Gasteiger charge is -2.27.